The van der Waals surface area contributed by atoms with E-state index >= 15 is 0 Å². The van der Waals surface area contributed by atoms with Crippen LogP contribution in [0.5, 0.6) is 0 Å². The molecule has 1 amide bonds. The van der Waals surface area contributed by atoms with Crippen molar-refractivity contribution in [1.29, 1.82) is 0 Å². The molecule has 0 saturated heterocycles. The van der Waals surface area contributed by atoms with Crippen LogP contribution in [0.4, 0.5) is 0 Å². The predicted molar refractivity (Wildman–Crippen MR) is 96.6 cm³/mol. The summed E-state index contributed by atoms with van der Waals surface area (Å²) in [7, 11) is 1.83. The number of nitrogens with two attached hydrogens (primary N) is 1. The van der Waals surface area contributed by atoms with Gasteiger partial charge >= 0.3 is 0 Å². The van der Waals surface area contributed by atoms with Crippen molar-refractivity contribution in [2.75, 3.05) is 0 Å². The number of pyridine rings is 1. The second-order valence-electron chi connectivity index (χ2n) is 5.17. The maximum atomic E-state index is 12.2. The van der Waals surface area contributed by atoms with Crippen molar-refractivity contribution >= 4 is 29.3 Å². The van der Waals surface area contributed by atoms with Gasteiger partial charge < -0.3 is 4.57 Å². The average Bonchev–Trinajstić information content (AvgIpc) is 3.00. The van der Waals surface area contributed by atoms with E-state index in [4.69, 9.17) is 17.4 Å². The van der Waals surface area contributed by atoms with Crippen molar-refractivity contribution in [3.63, 3.8) is 0 Å². The molecule has 9 heteroatoms. The van der Waals surface area contributed by atoms with Crippen molar-refractivity contribution < 1.29 is 4.79 Å². The fourth-order valence-corrected chi connectivity index (χ4v) is 3.49. The van der Waals surface area contributed by atoms with E-state index in [0.717, 1.165) is 11.1 Å². The average molecular weight is 375 g/mol. The molecule has 0 aliphatic rings. The highest BCUT2D eigenvalue weighted by Crippen LogP contribution is 2.36. The van der Waals surface area contributed by atoms with Crippen LogP contribution in [0.3, 0.4) is 0 Å². The summed E-state index contributed by atoms with van der Waals surface area (Å²) in [4.78, 5) is 16.3. The van der Waals surface area contributed by atoms with Crippen LogP contribution in [0, 0.1) is 0 Å². The van der Waals surface area contributed by atoms with Crippen LogP contribution in [-0.2, 0) is 11.8 Å². The SMILES string of the molecule is Cn1c(SC(C(=O)NN)c2cccc(Cl)c2)nnc1-c1cccnc1. The van der Waals surface area contributed by atoms with E-state index < -0.39 is 5.25 Å². The molecule has 7 nitrogen and oxygen atoms in total. The summed E-state index contributed by atoms with van der Waals surface area (Å²) in [6, 6.07) is 10.8. The smallest absolute Gasteiger partial charge is 0.251 e. The number of aromatic nitrogens is 4. The highest BCUT2D eigenvalue weighted by Gasteiger charge is 2.25. The molecule has 0 fully saturated rings. The van der Waals surface area contributed by atoms with Crippen LogP contribution in [0.1, 0.15) is 10.8 Å². The standard InChI is InChI=1S/C16H15ClN6OS/c1-23-14(11-5-3-7-19-9-11)21-22-16(23)25-13(15(24)20-18)10-4-2-6-12(17)8-10/h2-9,13H,18H2,1H3,(H,20,24). The van der Waals surface area contributed by atoms with Gasteiger partial charge in [-0.3, -0.25) is 15.2 Å². The van der Waals surface area contributed by atoms with Crippen LogP contribution in [0.15, 0.2) is 53.9 Å². The number of thioether (sulfide) groups is 1. The summed E-state index contributed by atoms with van der Waals surface area (Å²) in [6.07, 6.45) is 3.40. The fourth-order valence-electron chi connectivity index (χ4n) is 2.29. The third-order valence-corrected chi connectivity index (χ3v) is 5.03. The number of hydrogen-bond donors (Lipinski definition) is 2. The van der Waals surface area contributed by atoms with Gasteiger partial charge in [-0.25, -0.2) is 5.84 Å². The van der Waals surface area contributed by atoms with E-state index in [1.807, 2.05) is 29.8 Å². The number of halogens is 1. The van der Waals surface area contributed by atoms with Gasteiger partial charge in [0.2, 0.25) is 0 Å². The van der Waals surface area contributed by atoms with Gasteiger partial charge in [0.25, 0.3) is 5.91 Å². The van der Waals surface area contributed by atoms with Crippen LogP contribution >= 0.6 is 23.4 Å². The van der Waals surface area contributed by atoms with Crippen molar-refractivity contribution in [2.24, 2.45) is 12.9 Å². The highest BCUT2D eigenvalue weighted by molar-refractivity contribution is 8.00. The first-order chi connectivity index (χ1) is 12.1. The zero-order chi connectivity index (χ0) is 17.8. The quantitative estimate of drug-likeness (QED) is 0.308. The van der Waals surface area contributed by atoms with Gasteiger partial charge in [0, 0.05) is 30.0 Å². The molecule has 128 valence electrons. The molecule has 1 unspecified atom stereocenters. The van der Waals surface area contributed by atoms with Gasteiger partial charge in [-0.15, -0.1) is 10.2 Å². The van der Waals surface area contributed by atoms with Crippen molar-refractivity contribution in [3.8, 4) is 11.4 Å². The number of hydrazine groups is 1. The lowest BCUT2D eigenvalue weighted by molar-refractivity contribution is -0.120. The Kier molecular flexibility index (Phi) is 5.32. The Morgan fingerprint density at radius 1 is 1.32 bits per heavy atom. The number of amides is 1. The van der Waals surface area contributed by atoms with Gasteiger partial charge in [-0.05, 0) is 29.8 Å². The van der Waals surface area contributed by atoms with Crippen molar-refractivity contribution in [2.45, 2.75) is 10.4 Å². The van der Waals surface area contributed by atoms with E-state index in [0.29, 0.717) is 16.0 Å². The Balaban J connectivity index is 1.93. The molecule has 3 N–H and O–H groups in total. The maximum Gasteiger partial charge on any atom is 0.251 e. The van der Waals surface area contributed by atoms with Crippen LogP contribution in [0.2, 0.25) is 5.02 Å². The second-order valence-corrected chi connectivity index (χ2v) is 6.68. The molecule has 25 heavy (non-hydrogen) atoms. The summed E-state index contributed by atoms with van der Waals surface area (Å²) in [6.45, 7) is 0. The molecule has 0 spiro atoms. The molecule has 3 rings (SSSR count). The zero-order valence-electron chi connectivity index (χ0n) is 13.3. The van der Waals surface area contributed by atoms with Crippen molar-refractivity contribution in [3.05, 3.63) is 59.4 Å². The van der Waals surface area contributed by atoms with E-state index in [2.05, 4.69) is 20.6 Å². The first-order valence-corrected chi connectivity index (χ1v) is 8.58. The number of carbonyl (C=O) groups is 1. The maximum absolute atomic E-state index is 12.2. The molecule has 2 aromatic heterocycles. The minimum atomic E-state index is -0.603. The minimum Gasteiger partial charge on any atom is -0.305 e. The number of nitrogens with one attached hydrogen (secondary N) is 1. The second kappa shape index (κ2) is 7.64. The van der Waals surface area contributed by atoms with Gasteiger partial charge in [0.1, 0.15) is 5.25 Å². The number of rotatable bonds is 5. The summed E-state index contributed by atoms with van der Waals surface area (Å²) < 4.78 is 1.81. The Hall–Kier alpha value is -2.42. The van der Waals surface area contributed by atoms with Crippen LogP contribution in [0.25, 0.3) is 11.4 Å². The lowest BCUT2D eigenvalue weighted by atomic mass is 10.1. The normalized spacial score (nSPS) is 12.0. The minimum absolute atomic E-state index is 0.349. The Morgan fingerprint density at radius 3 is 2.84 bits per heavy atom. The number of carbonyl (C=O) groups excluding carboxylic acids is 1. The molecular formula is C16H15ClN6OS. The predicted octanol–water partition coefficient (Wildman–Crippen LogP) is 2.35. The molecule has 3 aromatic rings. The van der Waals surface area contributed by atoms with Gasteiger partial charge in [0.05, 0.1) is 0 Å². The molecule has 2 heterocycles. The monoisotopic (exact) mass is 374 g/mol. The Bertz CT molecular complexity index is 885. The summed E-state index contributed by atoms with van der Waals surface area (Å²) in [5.41, 5.74) is 3.76. The van der Waals surface area contributed by atoms with E-state index in [1.54, 1.807) is 30.6 Å². The van der Waals surface area contributed by atoms with E-state index in [1.165, 1.54) is 11.8 Å². The van der Waals surface area contributed by atoms with Gasteiger partial charge in [-0.1, -0.05) is 35.5 Å². The summed E-state index contributed by atoms with van der Waals surface area (Å²) >= 11 is 7.29. The number of nitrogens with zero attached hydrogens (tertiary/aromatic N) is 4. The summed E-state index contributed by atoms with van der Waals surface area (Å²) in [5, 5.41) is 8.91. The molecule has 0 bridgehead atoms. The lowest BCUT2D eigenvalue weighted by Crippen LogP contribution is -2.33. The first kappa shape index (κ1) is 17.4. The topological polar surface area (TPSA) is 98.7 Å². The van der Waals surface area contributed by atoms with E-state index in [9.17, 15) is 4.79 Å². The zero-order valence-corrected chi connectivity index (χ0v) is 14.8. The Morgan fingerprint density at radius 2 is 2.16 bits per heavy atom. The lowest BCUT2D eigenvalue weighted by Gasteiger charge is -2.15. The molecule has 1 aromatic carbocycles. The van der Waals surface area contributed by atoms with Crippen LogP contribution in [-0.4, -0.2) is 25.7 Å². The fraction of sp³-hybridized carbons (Fsp3) is 0.125. The van der Waals surface area contributed by atoms with Crippen molar-refractivity contribution in [1.82, 2.24) is 25.2 Å². The third kappa shape index (κ3) is 3.81. The number of benzene rings is 1. The molecule has 0 aliphatic carbocycles. The molecule has 0 radical (unpaired) electrons. The molecule has 0 aliphatic heterocycles. The summed E-state index contributed by atoms with van der Waals surface area (Å²) in [5.74, 6) is 5.65. The van der Waals surface area contributed by atoms with E-state index in [-0.39, 0.29) is 5.91 Å². The largest absolute Gasteiger partial charge is 0.305 e. The third-order valence-electron chi connectivity index (χ3n) is 3.51. The molecule has 1 atom stereocenters. The number of hydrogen-bond acceptors (Lipinski definition) is 6. The molecule has 0 saturated carbocycles. The highest BCUT2D eigenvalue weighted by atomic mass is 35.5. The van der Waals surface area contributed by atoms with Crippen LogP contribution < -0.4 is 11.3 Å². The van der Waals surface area contributed by atoms with Gasteiger partial charge in [-0.2, -0.15) is 0 Å². The van der Waals surface area contributed by atoms with Gasteiger partial charge in [0.15, 0.2) is 11.0 Å². The Labute approximate surface area is 153 Å². The molecular weight excluding hydrogens is 360 g/mol. The first-order valence-electron chi connectivity index (χ1n) is 7.32.